The predicted octanol–water partition coefficient (Wildman–Crippen LogP) is 3.10. The third-order valence-corrected chi connectivity index (χ3v) is 4.47. The van der Waals surface area contributed by atoms with Gasteiger partial charge >= 0.3 is 0 Å². The summed E-state index contributed by atoms with van der Waals surface area (Å²) in [6.45, 7) is 3.23. The van der Waals surface area contributed by atoms with Crippen LogP contribution < -0.4 is 5.73 Å². The third kappa shape index (κ3) is 4.06. The van der Waals surface area contributed by atoms with Crippen molar-refractivity contribution in [2.45, 2.75) is 18.5 Å². The van der Waals surface area contributed by atoms with Crippen molar-refractivity contribution < 1.29 is 18.3 Å². The number of morpholine rings is 1. The minimum atomic E-state index is -2.75. The van der Waals surface area contributed by atoms with Crippen molar-refractivity contribution in [1.29, 1.82) is 0 Å². The quantitative estimate of drug-likeness (QED) is 0.806. The monoisotopic (exact) mass is 394 g/mol. The summed E-state index contributed by atoms with van der Waals surface area (Å²) in [5.74, 6) is -0.502. The lowest BCUT2D eigenvalue weighted by molar-refractivity contribution is -0.151. The summed E-state index contributed by atoms with van der Waals surface area (Å²) in [4.78, 5) is 21.4. The molecule has 1 aromatic carbocycles. The number of benzene rings is 1. The number of carbonyl (C=O) groups excluding carboxylic acids is 1. The first-order valence-electron chi connectivity index (χ1n) is 8.10. The molecule has 1 fully saturated rings. The molecule has 27 heavy (non-hydrogen) atoms. The number of hydrogen-bond acceptors (Lipinski definition) is 5. The Morgan fingerprint density at radius 2 is 2.19 bits per heavy atom. The molecule has 0 unspecified atom stereocenters. The van der Waals surface area contributed by atoms with Gasteiger partial charge in [0.2, 0.25) is 11.9 Å². The van der Waals surface area contributed by atoms with E-state index in [1.165, 1.54) is 6.20 Å². The van der Waals surface area contributed by atoms with Crippen LogP contribution in [0.5, 0.6) is 0 Å². The van der Waals surface area contributed by atoms with Crippen LogP contribution in [0.15, 0.2) is 43.1 Å². The zero-order chi connectivity index (χ0) is 19.6. The molecule has 2 atom stereocenters. The molecule has 1 amide bonds. The zero-order valence-corrected chi connectivity index (χ0v) is 14.9. The Bertz CT molecular complexity index is 865. The fourth-order valence-corrected chi connectivity index (χ4v) is 3.30. The topological polar surface area (TPSA) is 81.3 Å². The maximum atomic E-state index is 13.5. The molecular weight excluding hydrogens is 378 g/mol. The van der Waals surface area contributed by atoms with Crippen molar-refractivity contribution in [3.63, 3.8) is 0 Å². The number of rotatable bonds is 4. The summed E-state index contributed by atoms with van der Waals surface area (Å²) < 4.78 is 32.3. The number of aromatic nitrogens is 2. The van der Waals surface area contributed by atoms with Crippen molar-refractivity contribution in [2.24, 2.45) is 0 Å². The highest BCUT2D eigenvalue weighted by molar-refractivity contribution is 6.31. The van der Waals surface area contributed by atoms with Gasteiger partial charge in [-0.3, -0.25) is 4.79 Å². The van der Waals surface area contributed by atoms with Crippen LogP contribution in [0.2, 0.25) is 5.02 Å². The molecule has 2 N–H and O–H groups in total. The molecule has 2 heterocycles. The molecule has 0 saturated carbocycles. The normalized spacial score (nSPS) is 19.9. The molecule has 1 saturated heterocycles. The van der Waals surface area contributed by atoms with Crippen LogP contribution in [0.3, 0.4) is 0 Å². The van der Waals surface area contributed by atoms with Crippen molar-refractivity contribution in [1.82, 2.24) is 14.9 Å². The molecule has 6 nitrogen and oxygen atoms in total. The Labute approximate surface area is 159 Å². The number of nitrogen functional groups attached to an aromatic ring is 1. The first-order chi connectivity index (χ1) is 12.9. The average molecular weight is 395 g/mol. The van der Waals surface area contributed by atoms with E-state index in [-0.39, 0.29) is 19.2 Å². The van der Waals surface area contributed by atoms with Gasteiger partial charge in [0, 0.05) is 16.8 Å². The standard InChI is InChI=1S/C18H17ClF2N4O2/c1-2-16(26)25-14(8-27-9-15(25)17(20)21)11-5-10(6-12(19)7-11)13-3-4-23-18(22)24-13/h2-7,14-15,17H,1,8-9H2,(H2,22,23,24)/t14-,15-/m0/s1. The molecule has 0 radical (unpaired) electrons. The number of ether oxygens (including phenoxy) is 1. The molecule has 0 spiro atoms. The summed E-state index contributed by atoms with van der Waals surface area (Å²) >= 11 is 6.23. The van der Waals surface area contributed by atoms with Gasteiger partial charge in [-0.25, -0.2) is 18.7 Å². The second-order valence-electron chi connectivity index (χ2n) is 5.98. The zero-order valence-electron chi connectivity index (χ0n) is 14.2. The molecule has 3 rings (SSSR count). The van der Waals surface area contributed by atoms with E-state index in [9.17, 15) is 13.6 Å². The van der Waals surface area contributed by atoms with E-state index in [0.717, 1.165) is 11.0 Å². The molecule has 142 valence electrons. The number of hydrogen-bond donors (Lipinski definition) is 1. The van der Waals surface area contributed by atoms with Gasteiger partial charge in [0.05, 0.1) is 24.9 Å². The average Bonchev–Trinajstić information content (AvgIpc) is 2.66. The largest absolute Gasteiger partial charge is 0.377 e. The second-order valence-corrected chi connectivity index (χ2v) is 6.41. The highest BCUT2D eigenvalue weighted by Crippen LogP contribution is 2.34. The Morgan fingerprint density at radius 1 is 1.41 bits per heavy atom. The van der Waals surface area contributed by atoms with Crippen molar-refractivity contribution in [2.75, 3.05) is 18.9 Å². The predicted molar refractivity (Wildman–Crippen MR) is 97.3 cm³/mol. The molecule has 0 aliphatic carbocycles. The molecule has 1 aromatic heterocycles. The maximum Gasteiger partial charge on any atom is 0.260 e. The molecular formula is C18H17ClF2N4O2. The molecule has 9 heteroatoms. The van der Waals surface area contributed by atoms with Crippen LogP contribution in [-0.4, -0.2) is 46.5 Å². The minimum Gasteiger partial charge on any atom is -0.377 e. The number of carbonyl (C=O) groups is 1. The van der Waals surface area contributed by atoms with Gasteiger partial charge in [-0.05, 0) is 35.9 Å². The van der Waals surface area contributed by atoms with Crippen molar-refractivity contribution in [3.05, 3.63) is 53.7 Å². The van der Waals surface area contributed by atoms with E-state index in [2.05, 4.69) is 16.5 Å². The Hall–Kier alpha value is -2.58. The smallest absolute Gasteiger partial charge is 0.260 e. The number of alkyl halides is 2. The SMILES string of the molecule is C=CC(=O)N1[C@H](c2cc(Cl)cc(-c3ccnc(N)n3)c2)COC[C@H]1C(F)F. The van der Waals surface area contributed by atoms with E-state index < -0.39 is 24.4 Å². The summed E-state index contributed by atoms with van der Waals surface area (Å²) in [5, 5.41) is 0.366. The van der Waals surface area contributed by atoms with E-state index in [4.69, 9.17) is 22.1 Å². The van der Waals surface area contributed by atoms with Gasteiger partial charge in [0.25, 0.3) is 6.43 Å². The lowest BCUT2D eigenvalue weighted by atomic mass is 9.98. The number of halogens is 3. The summed E-state index contributed by atoms with van der Waals surface area (Å²) in [5.41, 5.74) is 7.32. The van der Waals surface area contributed by atoms with Gasteiger partial charge < -0.3 is 15.4 Å². The van der Waals surface area contributed by atoms with Gasteiger partial charge in [0.15, 0.2) is 0 Å². The van der Waals surface area contributed by atoms with Crippen LogP contribution in [0.4, 0.5) is 14.7 Å². The Morgan fingerprint density at radius 3 is 2.85 bits per heavy atom. The first-order valence-corrected chi connectivity index (χ1v) is 8.48. The fraction of sp³-hybridized carbons (Fsp3) is 0.278. The highest BCUT2D eigenvalue weighted by Gasteiger charge is 2.39. The lowest BCUT2D eigenvalue weighted by Gasteiger charge is -2.41. The number of nitrogens with two attached hydrogens (primary N) is 1. The fourth-order valence-electron chi connectivity index (χ4n) is 3.05. The Balaban J connectivity index is 2.05. The van der Waals surface area contributed by atoms with Gasteiger partial charge in [-0.2, -0.15) is 0 Å². The molecule has 2 aromatic rings. The van der Waals surface area contributed by atoms with Crippen LogP contribution >= 0.6 is 11.6 Å². The summed E-state index contributed by atoms with van der Waals surface area (Å²) in [6.07, 6.45) is -0.232. The van der Waals surface area contributed by atoms with Gasteiger partial charge in [0.1, 0.15) is 6.04 Å². The van der Waals surface area contributed by atoms with Crippen molar-refractivity contribution >= 4 is 23.5 Å². The van der Waals surface area contributed by atoms with Crippen LogP contribution in [-0.2, 0) is 9.53 Å². The van der Waals surface area contributed by atoms with E-state index in [1.807, 2.05) is 0 Å². The Kier molecular flexibility index (Phi) is 5.67. The molecule has 1 aliphatic heterocycles. The maximum absolute atomic E-state index is 13.5. The molecule has 1 aliphatic rings. The van der Waals surface area contributed by atoms with Gasteiger partial charge in [-0.15, -0.1) is 0 Å². The van der Waals surface area contributed by atoms with Crippen LogP contribution in [0.25, 0.3) is 11.3 Å². The van der Waals surface area contributed by atoms with Crippen molar-refractivity contribution in [3.8, 4) is 11.3 Å². The third-order valence-electron chi connectivity index (χ3n) is 4.25. The second kappa shape index (κ2) is 7.98. The van der Waals surface area contributed by atoms with E-state index >= 15 is 0 Å². The van der Waals surface area contributed by atoms with Crippen LogP contribution in [0, 0.1) is 0 Å². The number of nitrogens with zero attached hydrogens (tertiary/aromatic N) is 3. The van der Waals surface area contributed by atoms with E-state index in [1.54, 1.807) is 24.3 Å². The number of anilines is 1. The highest BCUT2D eigenvalue weighted by atomic mass is 35.5. The van der Waals surface area contributed by atoms with Gasteiger partial charge in [-0.1, -0.05) is 18.2 Å². The van der Waals surface area contributed by atoms with Crippen LogP contribution in [0.1, 0.15) is 11.6 Å². The summed E-state index contributed by atoms with van der Waals surface area (Å²) in [6, 6.07) is 4.55. The summed E-state index contributed by atoms with van der Waals surface area (Å²) in [7, 11) is 0. The number of amides is 1. The van der Waals surface area contributed by atoms with E-state index in [0.29, 0.717) is 21.8 Å². The lowest BCUT2D eigenvalue weighted by Crippen LogP contribution is -2.53. The molecule has 0 bridgehead atoms. The first kappa shape index (κ1) is 19.2. The minimum absolute atomic E-state index is 0.0640.